The molecule has 0 saturated heterocycles. The van der Waals surface area contributed by atoms with Gasteiger partial charge in [0.15, 0.2) is 0 Å². The number of rotatable bonds is 4. The Morgan fingerprint density at radius 1 is 0.885 bits per heavy atom. The molecule has 0 bridgehead atoms. The van der Waals surface area contributed by atoms with E-state index in [0.29, 0.717) is 5.56 Å². The summed E-state index contributed by atoms with van der Waals surface area (Å²) in [5.41, 5.74) is 2.96. The molecule has 3 heteroatoms. The van der Waals surface area contributed by atoms with Crippen molar-refractivity contribution in [3.63, 3.8) is 0 Å². The normalized spacial score (nSPS) is 13.7. The average molecular weight is 360 g/mol. The summed E-state index contributed by atoms with van der Waals surface area (Å²) < 4.78 is 34.1. The fraction of sp³-hybridized carbons (Fsp3) is 0.478. The van der Waals surface area contributed by atoms with Gasteiger partial charge in [0.05, 0.1) is 6.10 Å². The molecule has 0 aliphatic rings. The van der Waals surface area contributed by atoms with Gasteiger partial charge in [0.2, 0.25) is 0 Å². The third-order valence-corrected chi connectivity index (χ3v) is 4.37. The van der Waals surface area contributed by atoms with Crippen LogP contribution < -0.4 is 0 Å². The van der Waals surface area contributed by atoms with Crippen LogP contribution in [0.5, 0.6) is 0 Å². The van der Waals surface area contributed by atoms with Crippen molar-refractivity contribution >= 4 is 0 Å². The maximum atomic E-state index is 14.5. The van der Waals surface area contributed by atoms with Crippen molar-refractivity contribution in [2.24, 2.45) is 10.8 Å². The van der Waals surface area contributed by atoms with Crippen molar-refractivity contribution in [2.45, 2.75) is 54.1 Å². The van der Waals surface area contributed by atoms with Gasteiger partial charge >= 0.3 is 0 Å². The van der Waals surface area contributed by atoms with E-state index in [0.717, 1.165) is 18.1 Å². The van der Waals surface area contributed by atoms with Gasteiger partial charge in [0.1, 0.15) is 11.6 Å². The Hall–Kier alpha value is -1.74. The summed E-state index contributed by atoms with van der Waals surface area (Å²) in [6.45, 7) is 12.8. The molecular weight excluding hydrogens is 330 g/mol. The fourth-order valence-corrected chi connectivity index (χ4v) is 3.45. The molecule has 26 heavy (non-hydrogen) atoms. The molecule has 0 N–H and O–H groups in total. The summed E-state index contributed by atoms with van der Waals surface area (Å²) >= 11 is 0. The molecule has 1 atom stereocenters. The molecule has 2 rings (SSSR count). The number of methoxy groups -OCH3 is 1. The number of hydrogen-bond acceptors (Lipinski definition) is 1. The monoisotopic (exact) mass is 360 g/mol. The van der Waals surface area contributed by atoms with Gasteiger partial charge in [0, 0.05) is 12.7 Å². The molecule has 2 aromatic carbocycles. The van der Waals surface area contributed by atoms with Crippen LogP contribution in [0.15, 0.2) is 36.4 Å². The molecule has 0 spiro atoms. The van der Waals surface area contributed by atoms with Crippen LogP contribution in [0.1, 0.15) is 58.8 Å². The highest BCUT2D eigenvalue weighted by Gasteiger charge is 2.29. The van der Waals surface area contributed by atoms with Crippen molar-refractivity contribution in [3.05, 3.63) is 59.2 Å². The summed E-state index contributed by atoms with van der Waals surface area (Å²) in [5.74, 6) is -0.879. The third-order valence-electron chi connectivity index (χ3n) is 4.37. The highest BCUT2D eigenvalue weighted by atomic mass is 19.1. The minimum absolute atomic E-state index is 0.132. The van der Waals surface area contributed by atoms with Crippen LogP contribution in [-0.2, 0) is 11.2 Å². The Morgan fingerprint density at radius 2 is 1.54 bits per heavy atom. The van der Waals surface area contributed by atoms with Gasteiger partial charge < -0.3 is 4.74 Å². The highest BCUT2D eigenvalue weighted by molar-refractivity contribution is 5.69. The van der Waals surface area contributed by atoms with Gasteiger partial charge in [0.25, 0.3) is 0 Å². The molecule has 2 aromatic rings. The lowest BCUT2D eigenvalue weighted by Crippen LogP contribution is -2.21. The van der Waals surface area contributed by atoms with Crippen molar-refractivity contribution in [1.29, 1.82) is 0 Å². The molecule has 142 valence electrons. The molecule has 0 aromatic heterocycles. The average Bonchev–Trinajstić information content (AvgIpc) is 2.48. The predicted molar refractivity (Wildman–Crippen MR) is 104 cm³/mol. The first-order valence-electron chi connectivity index (χ1n) is 9.03. The minimum Gasteiger partial charge on any atom is -0.376 e. The molecular formula is C23H30F2O. The summed E-state index contributed by atoms with van der Waals surface area (Å²) in [5, 5.41) is 0. The zero-order chi connectivity index (χ0) is 19.7. The standard InChI is InChI=1S/C23H30F2O/c1-22(2,3)14-15-8-10-17(18-13-16(24)9-11-20(18)25)19(12-15)21(26-7)23(4,5)6/h8-13,21H,14H2,1-7H3/t21-/m0/s1. The minimum atomic E-state index is -0.448. The fourth-order valence-electron chi connectivity index (χ4n) is 3.45. The lowest BCUT2D eigenvalue weighted by atomic mass is 9.79. The maximum Gasteiger partial charge on any atom is 0.131 e. The van der Waals surface area contributed by atoms with Crippen LogP contribution in [-0.4, -0.2) is 7.11 Å². The summed E-state index contributed by atoms with van der Waals surface area (Å²) in [6.07, 6.45) is 0.659. The molecule has 0 heterocycles. The Kier molecular flexibility index (Phi) is 5.92. The Balaban J connectivity index is 2.69. The van der Waals surface area contributed by atoms with Crippen LogP contribution in [0.4, 0.5) is 8.78 Å². The first-order chi connectivity index (χ1) is 11.9. The van der Waals surface area contributed by atoms with E-state index in [1.165, 1.54) is 17.7 Å². The second-order valence-electron chi connectivity index (χ2n) is 9.26. The summed E-state index contributed by atoms with van der Waals surface area (Å²) in [4.78, 5) is 0. The van der Waals surface area contributed by atoms with Crippen molar-refractivity contribution in [1.82, 2.24) is 0 Å². The Morgan fingerprint density at radius 3 is 2.08 bits per heavy atom. The topological polar surface area (TPSA) is 9.23 Å². The van der Waals surface area contributed by atoms with Crippen LogP contribution in [0, 0.1) is 22.5 Å². The van der Waals surface area contributed by atoms with Gasteiger partial charge in [-0.1, -0.05) is 59.7 Å². The first-order valence-corrected chi connectivity index (χ1v) is 9.03. The lowest BCUT2D eigenvalue weighted by molar-refractivity contribution is 0.0155. The SMILES string of the molecule is CO[C@@H](c1cc(CC(C)(C)C)ccc1-c1cc(F)ccc1F)C(C)(C)C. The zero-order valence-corrected chi connectivity index (χ0v) is 16.9. The Labute approximate surface area is 156 Å². The molecule has 1 nitrogen and oxygen atoms in total. The van der Waals surface area contributed by atoms with Crippen molar-refractivity contribution < 1.29 is 13.5 Å². The molecule has 0 radical (unpaired) electrons. The van der Waals surface area contributed by atoms with Crippen LogP contribution >= 0.6 is 0 Å². The highest BCUT2D eigenvalue weighted by Crippen LogP contribution is 2.42. The third kappa shape index (κ3) is 4.91. The second kappa shape index (κ2) is 7.48. The van der Waals surface area contributed by atoms with Crippen molar-refractivity contribution in [3.8, 4) is 11.1 Å². The number of halogens is 2. The molecule has 0 fully saturated rings. The second-order valence-corrected chi connectivity index (χ2v) is 9.26. The van der Waals surface area contributed by atoms with E-state index in [4.69, 9.17) is 4.74 Å². The van der Waals surface area contributed by atoms with Crippen LogP contribution in [0.3, 0.4) is 0 Å². The Bertz CT molecular complexity index is 767. The van der Waals surface area contributed by atoms with E-state index >= 15 is 0 Å². The van der Waals surface area contributed by atoms with Crippen LogP contribution in [0.2, 0.25) is 0 Å². The summed E-state index contributed by atoms with van der Waals surface area (Å²) in [6, 6.07) is 9.56. The quantitative estimate of drug-likeness (QED) is 0.573. The van der Waals surface area contributed by atoms with E-state index in [-0.39, 0.29) is 22.5 Å². The number of benzene rings is 2. The van der Waals surface area contributed by atoms with Gasteiger partial charge in [-0.2, -0.15) is 0 Å². The zero-order valence-electron chi connectivity index (χ0n) is 16.9. The van der Waals surface area contributed by atoms with Gasteiger partial charge in [-0.3, -0.25) is 0 Å². The first kappa shape index (κ1) is 20.6. The molecule has 0 unspecified atom stereocenters. The van der Waals surface area contributed by atoms with Gasteiger partial charge in [-0.15, -0.1) is 0 Å². The molecule has 0 aliphatic heterocycles. The molecule has 0 amide bonds. The summed E-state index contributed by atoms with van der Waals surface area (Å²) in [7, 11) is 1.66. The lowest BCUT2D eigenvalue weighted by Gasteiger charge is -2.32. The van der Waals surface area contributed by atoms with E-state index in [1.807, 2.05) is 12.1 Å². The van der Waals surface area contributed by atoms with Crippen molar-refractivity contribution in [2.75, 3.05) is 7.11 Å². The van der Waals surface area contributed by atoms with Gasteiger partial charge in [-0.05, 0) is 52.1 Å². The number of hydrogen-bond donors (Lipinski definition) is 0. The van der Waals surface area contributed by atoms with E-state index in [2.05, 4.69) is 47.6 Å². The number of ether oxygens (including phenoxy) is 1. The maximum absolute atomic E-state index is 14.5. The largest absolute Gasteiger partial charge is 0.376 e. The van der Waals surface area contributed by atoms with E-state index < -0.39 is 11.6 Å². The molecule has 0 aliphatic carbocycles. The van der Waals surface area contributed by atoms with E-state index in [1.54, 1.807) is 7.11 Å². The van der Waals surface area contributed by atoms with E-state index in [9.17, 15) is 8.78 Å². The molecule has 0 saturated carbocycles. The predicted octanol–water partition coefficient (Wildman–Crippen LogP) is 6.95. The van der Waals surface area contributed by atoms with Gasteiger partial charge in [-0.25, -0.2) is 8.78 Å². The van der Waals surface area contributed by atoms with Crippen LogP contribution in [0.25, 0.3) is 11.1 Å². The smallest absolute Gasteiger partial charge is 0.131 e.